The molecule has 2 atom stereocenters. The molecule has 0 amide bonds. The van der Waals surface area contributed by atoms with Crippen molar-refractivity contribution in [3.8, 4) is 10.6 Å². The third-order valence-electron chi connectivity index (χ3n) is 8.18. The number of aromatic nitrogens is 1. The molecule has 6 rings (SSSR count). The van der Waals surface area contributed by atoms with Gasteiger partial charge < -0.3 is 0 Å². The van der Waals surface area contributed by atoms with Crippen molar-refractivity contribution in [2.75, 3.05) is 0 Å². The molecule has 5 aromatic rings. The van der Waals surface area contributed by atoms with Crippen molar-refractivity contribution in [1.29, 1.82) is 0 Å². The minimum atomic E-state index is -0.519. The average Bonchev–Trinajstić information content (AvgIpc) is 3.65. The van der Waals surface area contributed by atoms with Crippen molar-refractivity contribution in [3.63, 3.8) is 0 Å². The number of benzene rings is 1. The van der Waals surface area contributed by atoms with E-state index in [0.29, 0.717) is 0 Å². The normalized spacial score (nSPS) is 21.7. The molecule has 1 aliphatic rings. The number of pyridine rings is 1. The molecule has 1 aromatic carbocycles. The SMILES string of the molecule is CCC1(C)c2cc(P(c3cccs3)c3cccs3)sc2-c2c3ccccc3cc[n+]2C1(C)CC. The van der Waals surface area contributed by atoms with Crippen LogP contribution in [0.25, 0.3) is 21.3 Å². The minimum Gasteiger partial charge on any atom is -0.191 e. The maximum absolute atomic E-state index is 2.62. The van der Waals surface area contributed by atoms with Crippen molar-refractivity contribution in [3.05, 3.63) is 83.2 Å². The van der Waals surface area contributed by atoms with Crippen LogP contribution in [0.3, 0.4) is 0 Å². The van der Waals surface area contributed by atoms with E-state index in [1.165, 1.54) is 35.2 Å². The van der Waals surface area contributed by atoms with Gasteiger partial charge in [-0.05, 0) is 59.3 Å². The van der Waals surface area contributed by atoms with Crippen LogP contribution < -0.4 is 18.4 Å². The summed E-state index contributed by atoms with van der Waals surface area (Å²) >= 11 is 5.86. The smallest absolute Gasteiger partial charge is 0.191 e. The van der Waals surface area contributed by atoms with Gasteiger partial charge >= 0.3 is 0 Å². The summed E-state index contributed by atoms with van der Waals surface area (Å²) in [5.74, 6) is 0. The lowest BCUT2D eigenvalue weighted by Gasteiger charge is -2.45. The van der Waals surface area contributed by atoms with Crippen LogP contribution in [-0.2, 0) is 11.0 Å². The van der Waals surface area contributed by atoms with E-state index in [-0.39, 0.29) is 11.0 Å². The molecule has 0 saturated heterocycles. The number of fused-ring (bicyclic) bond motifs is 5. The number of nitrogens with zero attached hydrogens (tertiary/aromatic N) is 1. The molecule has 4 aromatic heterocycles. The van der Waals surface area contributed by atoms with Gasteiger partial charge in [-0.25, -0.2) is 0 Å². The Morgan fingerprint density at radius 1 is 0.824 bits per heavy atom. The first kappa shape index (κ1) is 22.6. The Morgan fingerprint density at radius 2 is 1.53 bits per heavy atom. The van der Waals surface area contributed by atoms with E-state index in [1.54, 1.807) is 5.56 Å². The lowest BCUT2D eigenvalue weighted by Crippen LogP contribution is -2.67. The molecule has 0 fully saturated rings. The number of thiophene rings is 3. The summed E-state index contributed by atoms with van der Waals surface area (Å²) in [6, 6.07) is 22.9. The Hall–Kier alpha value is -1.84. The average molecular weight is 519 g/mol. The van der Waals surface area contributed by atoms with Gasteiger partial charge in [0, 0.05) is 41.2 Å². The van der Waals surface area contributed by atoms with E-state index in [4.69, 9.17) is 0 Å². The van der Waals surface area contributed by atoms with Gasteiger partial charge in [0.05, 0.1) is 10.8 Å². The van der Waals surface area contributed by atoms with Crippen LogP contribution in [0.4, 0.5) is 0 Å². The Kier molecular flexibility index (Phi) is 5.57. The number of hydrogen-bond acceptors (Lipinski definition) is 3. The molecule has 5 heteroatoms. The molecule has 1 nitrogen and oxygen atoms in total. The minimum absolute atomic E-state index is 0.0150. The maximum Gasteiger partial charge on any atom is 0.231 e. The van der Waals surface area contributed by atoms with Crippen LogP contribution in [0.1, 0.15) is 46.1 Å². The summed E-state index contributed by atoms with van der Waals surface area (Å²) in [6.07, 6.45) is 4.58. The molecule has 0 N–H and O–H groups in total. The second-order valence-electron chi connectivity index (χ2n) is 9.50. The molecule has 0 spiro atoms. The van der Waals surface area contributed by atoms with Gasteiger partial charge in [0.2, 0.25) is 5.69 Å². The lowest BCUT2D eigenvalue weighted by atomic mass is 9.62. The highest BCUT2D eigenvalue weighted by Gasteiger charge is 2.57. The highest BCUT2D eigenvalue weighted by molar-refractivity contribution is 7.90. The molecular weight excluding hydrogens is 490 g/mol. The first-order valence-electron chi connectivity index (χ1n) is 12.0. The van der Waals surface area contributed by atoms with Gasteiger partial charge in [0.15, 0.2) is 11.7 Å². The van der Waals surface area contributed by atoms with Gasteiger partial charge in [-0.3, -0.25) is 0 Å². The second-order valence-corrected chi connectivity index (χ2v) is 15.5. The van der Waals surface area contributed by atoms with E-state index in [0.717, 1.165) is 12.8 Å². The number of hydrogen-bond donors (Lipinski definition) is 0. The third kappa shape index (κ3) is 3.09. The molecule has 1 aliphatic heterocycles. The summed E-state index contributed by atoms with van der Waals surface area (Å²) in [5, 5.41) is 7.16. The molecule has 5 heterocycles. The summed E-state index contributed by atoms with van der Waals surface area (Å²) in [6.45, 7) is 9.73. The number of rotatable bonds is 5. The van der Waals surface area contributed by atoms with E-state index in [9.17, 15) is 0 Å². The van der Waals surface area contributed by atoms with Crippen molar-refractivity contribution < 1.29 is 4.57 Å². The molecular formula is C29H29NPS3+. The Morgan fingerprint density at radius 3 is 2.15 bits per heavy atom. The molecule has 2 unspecified atom stereocenters. The van der Waals surface area contributed by atoms with Crippen molar-refractivity contribution in [1.82, 2.24) is 0 Å². The molecule has 172 valence electrons. The fourth-order valence-corrected chi connectivity index (χ4v) is 13.3. The Labute approximate surface area is 215 Å². The largest absolute Gasteiger partial charge is 0.231 e. The van der Waals surface area contributed by atoms with Crippen LogP contribution in [-0.4, -0.2) is 0 Å². The van der Waals surface area contributed by atoms with Gasteiger partial charge in [0.25, 0.3) is 0 Å². The molecule has 0 bridgehead atoms. The summed E-state index contributed by atoms with van der Waals surface area (Å²) in [4.78, 5) is 1.47. The zero-order valence-corrected chi connectivity index (χ0v) is 23.4. The van der Waals surface area contributed by atoms with E-state index < -0.39 is 7.92 Å². The first-order valence-corrected chi connectivity index (χ1v) is 15.9. The van der Waals surface area contributed by atoms with Gasteiger partial charge in [-0.2, -0.15) is 4.57 Å². The summed E-state index contributed by atoms with van der Waals surface area (Å²) in [7, 11) is -0.519. The second kappa shape index (κ2) is 8.38. The molecule has 0 aliphatic carbocycles. The lowest BCUT2D eigenvalue weighted by molar-refractivity contribution is -0.764. The zero-order valence-electron chi connectivity index (χ0n) is 20.0. The van der Waals surface area contributed by atoms with Crippen LogP contribution in [0.5, 0.6) is 0 Å². The van der Waals surface area contributed by atoms with Crippen molar-refractivity contribution in [2.45, 2.75) is 51.5 Å². The summed E-state index contributed by atoms with van der Waals surface area (Å²) in [5.41, 5.74) is 3.04. The fraction of sp³-hybridized carbons (Fsp3) is 0.276. The van der Waals surface area contributed by atoms with Crippen LogP contribution in [0, 0.1) is 0 Å². The molecule has 0 radical (unpaired) electrons. The Bertz CT molecular complexity index is 1430. The van der Waals surface area contributed by atoms with Crippen LogP contribution in [0.2, 0.25) is 0 Å². The topological polar surface area (TPSA) is 3.88 Å². The third-order valence-corrected chi connectivity index (χ3v) is 14.8. The van der Waals surface area contributed by atoms with E-state index in [1.807, 2.05) is 34.0 Å². The summed E-state index contributed by atoms with van der Waals surface area (Å²) < 4.78 is 7.15. The highest BCUT2D eigenvalue weighted by Crippen LogP contribution is 2.54. The Balaban J connectivity index is 1.69. The first-order chi connectivity index (χ1) is 16.5. The van der Waals surface area contributed by atoms with E-state index in [2.05, 4.69) is 110 Å². The van der Waals surface area contributed by atoms with Gasteiger partial charge in [-0.15, -0.1) is 34.0 Å². The standard InChI is InChI=1S/C29H29NPS3/c1-5-28(3)22-19-25(31(23-13-9-17-32-23)24-14-10-18-33-24)34-27(22)26-21-12-8-7-11-20(21)15-16-30(26)29(28,4)6-2/h7-19H,5-6H2,1-4H3/q+1. The van der Waals surface area contributed by atoms with Gasteiger partial charge in [0.1, 0.15) is 4.88 Å². The quantitative estimate of drug-likeness (QED) is 0.167. The highest BCUT2D eigenvalue weighted by atomic mass is 32.1. The predicted octanol–water partition coefficient (Wildman–Crippen LogP) is 7.54. The maximum atomic E-state index is 2.62. The van der Waals surface area contributed by atoms with Crippen LogP contribution >= 0.6 is 41.9 Å². The van der Waals surface area contributed by atoms with Crippen molar-refractivity contribution in [2.24, 2.45) is 0 Å². The van der Waals surface area contributed by atoms with Gasteiger partial charge in [-0.1, -0.05) is 44.2 Å². The molecule has 34 heavy (non-hydrogen) atoms. The predicted molar refractivity (Wildman–Crippen MR) is 153 cm³/mol. The zero-order chi connectivity index (χ0) is 23.5. The molecule has 0 saturated carbocycles. The fourth-order valence-electron chi connectivity index (χ4n) is 5.74. The van der Waals surface area contributed by atoms with E-state index >= 15 is 0 Å². The van der Waals surface area contributed by atoms with Crippen molar-refractivity contribution >= 4 is 66.6 Å². The monoisotopic (exact) mass is 518 g/mol. The van der Waals surface area contributed by atoms with Crippen LogP contribution in [0.15, 0.2) is 77.6 Å².